The number of aliphatic hydroxyl groups is 2. The molecule has 6 heteroatoms. The molecule has 0 aromatic carbocycles. The minimum Gasteiger partial charge on any atom is -0.395 e. The Labute approximate surface area is 84.4 Å². The highest BCUT2D eigenvalue weighted by Gasteiger charge is 2.30. The summed E-state index contributed by atoms with van der Waals surface area (Å²) in [5.41, 5.74) is 0. The zero-order valence-corrected chi connectivity index (χ0v) is 9.07. The van der Waals surface area contributed by atoms with Crippen LogP contribution in [0.2, 0.25) is 0 Å². The van der Waals surface area contributed by atoms with Gasteiger partial charge in [-0.25, -0.2) is 12.7 Å². The molecule has 14 heavy (non-hydrogen) atoms. The van der Waals surface area contributed by atoms with Crippen LogP contribution in [-0.4, -0.2) is 55.0 Å². The van der Waals surface area contributed by atoms with Crippen molar-refractivity contribution >= 4 is 10.0 Å². The molecule has 0 saturated heterocycles. The third-order valence-corrected chi connectivity index (χ3v) is 4.35. The molecule has 0 bridgehead atoms. The Hall–Kier alpha value is -0.170. The van der Waals surface area contributed by atoms with E-state index in [-0.39, 0.29) is 24.4 Å². The lowest BCUT2D eigenvalue weighted by molar-refractivity contribution is 0.0367. The minimum atomic E-state index is -3.30. The summed E-state index contributed by atoms with van der Waals surface area (Å²) in [6.45, 7) is 0.0966. The molecule has 0 radical (unpaired) electrons. The third-order valence-electron chi connectivity index (χ3n) is 2.55. The van der Waals surface area contributed by atoms with E-state index in [0.29, 0.717) is 19.4 Å². The summed E-state index contributed by atoms with van der Waals surface area (Å²) < 4.78 is 24.0. The van der Waals surface area contributed by atoms with Gasteiger partial charge in [-0.3, -0.25) is 0 Å². The lowest BCUT2D eigenvalue weighted by Gasteiger charge is -2.33. The standard InChI is InChI=1S/C8H17NO4S/c1-9(14(12,13)3-2-10)6-7-4-8(11)5-7/h7-8,10-11H,2-6H2,1H3. The van der Waals surface area contributed by atoms with Gasteiger partial charge in [0.2, 0.25) is 10.0 Å². The van der Waals surface area contributed by atoms with Crippen molar-refractivity contribution in [1.29, 1.82) is 0 Å². The first-order valence-electron chi connectivity index (χ1n) is 4.68. The molecule has 1 fully saturated rings. The molecule has 2 N–H and O–H groups in total. The zero-order chi connectivity index (χ0) is 10.8. The van der Waals surface area contributed by atoms with Gasteiger partial charge >= 0.3 is 0 Å². The number of nitrogens with zero attached hydrogens (tertiary/aromatic N) is 1. The quantitative estimate of drug-likeness (QED) is 0.627. The number of rotatable bonds is 5. The van der Waals surface area contributed by atoms with Crippen LogP contribution in [0.5, 0.6) is 0 Å². The van der Waals surface area contributed by atoms with Gasteiger partial charge in [0.25, 0.3) is 0 Å². The molecule has 1 aliphatic carbocycles. The Bertz CT molecular complexity index is 271. The Morgan fingerprint density at radius 1 is 1.43 bits per heavy atom. The SMILES string of the molecule is CN(CC1CC(O)C1)S(=O)(=O)CCO. The van der Waals surface area contributed by atoms with Crippen molar-refractivity contribution < 1.29 is 18.6 Å². The maximum atomic E-state index is 11.4. The highest BCUT2D eigenvalue weighted by molar-refractivity contribution is 7.89. The monoisotopic (exact) mass is 223 g/mol. The number of aliphatic hydroxyl groups excluding tert-OH is 2. The molecule has 0 aromatic heterocycles. The van der Waals surface area contributed by atoms with Crippen molar-refractivity contribution in [2.75, 3.05) is 26.0 Å². The second-order valence-corrected chi connectivity index (χ2v) is 6.01. The summed E-state index contributed by atoms with van der Waals surface area (Å²) in [5.74, 6) is 0.0437. The molecule has 0 spiro atoms. The predicted molar refractivity (Wildman–Crippen MR) is 52.2 cm³/mol. The molecule has 1 saturated carbocycles. The molecule has 5 nitrogen and oxygen atoms in total. The number of hydrogen-bond acceptors (Lipinski definition) is 4. The Morgan fingerprint density at radius 2 is 2.00 bits per heavy atom. The van der Waals surface area contributed by atoms with Crippen LogP contribution in [0.3, 0.4) is 0 Å². The molecule has 0 atom stereocenters. The van der Waals surface area contributed by atoms with Crippen molar-refractivity contribution in [2.24, 2.45) is 5.92 Å². The minimum absolute atomic E-state index is 0.223. The maximum absolute atomic E-state index is 11.4. The van der Waals surface area contributed by atoms with Gasteiger partial charge in [-0.15, -0.1) is 0 Å². The van der Waals surface area contributed by atoms with Crippen molar-refractivity contribution in [3.05, 3.63) is 0 Å². The molecule has 1 rings (SSSR count). The van der Waals surface area contributed by atoms with Gasteiger partial charge in [0, 0.05) is 13.6 Å². The van der Waals surface area contributed by atoms with Gasteiger partial charge in [-0.05, 0) is 18.8 Å². The molecule has 0 amide bonds. The largest absolute Gasteiger partial charge is 0.395 e. The fraction of sp³-hybridized carbons (Fsp3) is 1.00. The first kappa shape index (κ1) is 11.9. The van der Waals surface area contributed by atoms with Crippen LogP contribution < -0.4 is 0 Å². The Balaban J connectivity index is 2.37. The van der Waals surface area contributed by atoms with Gasteiger partial charge in [0.15, 0.2) is 0 Å². The van der Waals surface area contributed by atoms with Crippen molar-refractivity contribution in [1.82, 2.24) is 4.31 Å². The summed E-state index contributed by atoms with van der Waals surface area (Å²) in [7, 11) is -1.79. The van der Waals surface area contributed by atoms with Gasteiger partial charge in [0.05, 0.1) is 18.5 Å². The van der Waals surface area contributed by atoms with Gasteiger partial charge in [-0.1, -0.05) is 0 Å². The molecule has 0 unspecified atom stereocenters. The fourth-order valence-corrected chi connectivity index (χ4v) is 2.58. The highest BCUT2D eigenvalue weighted by atomic mass is 32.2. The average Bonchev–Trinajstić information content (AvgIpc) is 2.01. The van der Waals surface area contributed by atoms with Crippen LogP contribution in [0.4, 0.5) is 0 Å². The maximum Gasteiger partial charge on any atom is 0.216 e. The lowest BCUT2D eigenvalue weighted by Crippen LogP contribution is -2.40. The van der Waals surface area contributed by atoms with E-state index in [1.165, 1.54) is 11.4 Å². The van der Waals surface area contributed by atoms with Crippen LogP contribution in [-0.2, 0) is 10.0 Å². The van der Waals surface area contributed by atoms with E-state index in [1.807, 2.05) is 0 Å². The lowest BCUT2D eigenvalue weighted by atomic mass is 9.82. The molecular weight excluding hydrogens is 206 g/mol. The summed E-state index contributed by atoms with van der Waals surface area (Å²) >= 11 is 0. The Morgan fingerprint density at radius 3 is 2.43 bits per heavy atom. The van der Waals surface area contributed by atoms with E-state index in [4.69, 9.17) is 10.2 Å². The second-order valence-electron chi connectivity index (χ2n) is 3.81. The van der Waals surface area contributed by atoms with Crippen LogP contribution in [0.15, 0.2) is 0 Å². The summed E-state index contributed by atoms with van der Waals surface area (Å²) in [6.07, 6.45) is 1.10. The van der Waals surface area contributed by atoms with Crippen LogP contribution in [0, 0.1) is 5.92 Å². The Kier molecular flexibility index (Phi) is 3.88. The summed E-state index contributed by atoms with van der Waals surface area (Å²) in [6, 6.07) is 0. The van der Waals surface area contributed by atoms with E-state index in [2.05, 4.69) is 0 Å². The van der Waals surface area contributed by atoms with Gasteiger partial charge in [0.1, 0.15) is 0 Å². The van der Waals surface area contributed by atoms with Crippen molar-refractivity contribution in [3.8, 4) is 0 Å². The normalized spacial score (nSPS) is 27.7. The van der Waals surface area contributed by atoms with Gasteiger partial charge < -0.3 is 10.2 Å². The van der Waals surface area contributed by atoms with Crippen molar-refractivity contribution in [2.45, 2.75) is 18.9 Å². The molecular formula is C8H17NO4S. The van der Waals surface area contributed by atoms with E-state index in [0.717, 1.165) is 0 Å². The fourth-order valence-electron chi connectivity index (χ4n) is 1.60. The second kappa shape index (κ2) is 4.57. The average molecular weight is 223 g/mol. The third kappa shape index (κ3) is 2.91. The molecule has 1 aliphatic rings. The van der Waals surface area contributed by atoms with E-state index >= 15 is 0 Å². The zero-order valence-electron chi connectivity index (χ0n) is 8.26. The molecule has 0 heterocycles. The summed E-state index contributed by atoms with van der Waals surface area (Å²) in [4.78, 5) is 0. The highest BCUT2D eigenvalue weighted by Crippen LogP contribution is 2.28. The number of hydrogen-bond donors (Lipinski definition) is 2. The van der Waals surface area contributed by atoms with Crippen LogP contribution >= 0.6 is 0 Å². The molecule has 0 aliphatic heterocycles. The van der Waals surface area contributed by atoms with E-state index in [9.17, 15) is 8.42 Å². The van der Waals surface area contributed by atoms with Crippen LogP contribution in [0.25, 0.3) is 0 Å². The molecule has 0 aromatic rings. The van der Waals surface area contributed by atoms with E-state index < -0.39 is 10.0 Å². The first-order valence-corrected chi connectivity index (χ1v) is 6.29. The van der Waals surface area contributed by atoms with Crippen LogP contribution in [0.1, 0.15) is 12.8 Å². The topological polar surface area (TPSA) is 77.8 Å². The van der Waals surface area contributed by atoms with E-state index in [1.54, 1.807) is 0 Å². The smallest absolute Gasteiger partial charge is 0.216 e. The summed E-state index contributed by atoms with van der Waals surface area (Å²) in [5, 5.41) is 17.6. The molecule has 84 valence electrons. The van der Waals surface area contributed by atoms with Gasteiger partial charge in [-0.2, -0.15) is 0 Å². The van der Waals surface area contributed by atoms with Crippen molar-refractivity contribution in [3.63, 3.8) is 0 Å². The predicted octanol–water partition coefficient (Wildman–Crippen LogP) is -0.989. The number of sulfonamides is 1. The first-order chi connectivity index (χ1) is 6.45.